The molecule has 61 valence electrons. The van der Waals surface area contributed by atoms with Crippen LogP contribution in [0, 0.1) is 13.8 Å². The second kappa shape index (κ2) is 62.1. The van der Waals surface area contributed by atoms with Gasteiger partial charge in [-0.2, -0.15) is 13.3 Å². The molecule has 0 aromatic carbocycles. The first-order valence-electron chi connectivity index (χ1n) is 1.69. The van der Waals surface area contributed by atoms with Gasteiger partial charge in [0.1, 0.15) is 0 Å². The van der Waals surface area contributed by atoms with E-state index >= 15 is 0 Å². The van der Waals surface area contributed by atoms with E-state index in [4.69, 9.17) is 0 Å². The van der Waals surface area contributed by atoms with Crippen molar-refractivity contribution in [3.8, 4) is 0 Å². The van der Waals surface area contributed by atoms with Crippen LogP contribution in [0.5, 0.6) is 0 Å². The molecule has 0 bridgehead atoms. The van der Waals surface area contributed by atoms with Gasteiger partial charge in [0.2, 0.25) is 0 Å². The summed E-state index contributed by atoms with van der Waals surface area (Å²) in [5.41, 5.74) is 0. The van der Waals surface area contributed by atoms with Crippen LogP contribution in [0.3, 0.4) is 0 Å². The Bertz CT molecular complexity index is 6.53. The van der Waals surface area contributed by atoms with Crippen LogP contribution in [0.1, 0.15) is 42.5 Å². The quantitative estimate of drug-likeness (QED) is 0.573. The summed E-state index contributed by atoms with van der Waals surface area (Å²) in [6, 6.07) is 0. The minimum absolute atomic E-state index is 0. The summed E-state index contributed by atoms with van der Waals surface area (Å²) in [7, 11) is 0. The first-order chi connectivity index (χ1) is 1.91. The molecule has 0 nitrogen and oxygen atoms in total. The van der Waals surface area contributed by atoms with E-state index in [0.29, 0.717) is 0 Å². The van der Waals surface area contributed by atoms with Gasteiger partial charge in [-0.15, -0.1) is 0 Å². The van der Waals surface area contributed by atoms with Gasteiger partial charge in [0, 0.05) is 32.7 Å². The molecule has 0 saturated heterocycles. The second-order valence-electron chi connectivity index (χ2n) is 0.816. The molecule has 0 spiro atoms. The number of rotatable bonds is 1. The molecule has 9 heavy (non-hydrogen) atoms. The second-order valence-corrected chi connectivity index (χ2v) is 0.816. The van der Waals surface area contributed by atoms with E-state index in [9.17, 15) is 0 Å². The van der Waals surface area contributed by atoms with Crippen molar-refractivity contribution in [2.45, 2.75) is 42.5 Å². The van der Waals surface area contributed by atoms with Crippen LogP contribution in [-0.4, -0.2) is 0 Å². The smallest absolute Gasteiger partial charge is 0 e. The first-order valence-corrected chi connectivity index (χ1v) is 1.69. The summed E-state index contributed by atoms with van der Waals surface area (Å²) < 4.78 is 0. The largest absolute Gasteiger partial charge is 0.358 e. The number of hydrogen-bond donors (Lipinski definition) is 0. The van der Waals surface area contributed by atoms with Crippen molar-refractivity contribution in [1.29, 1.82) is 0 Å². The molecular formula is C8H24Y-2. The Morgan fingerprint density at radius 1 is 1.11 bits per heavy atom. The predicted octanol–water partition coefficient (Wildman–Crippen LogP) is 3.98. The topological polar surface area (TPSA) is 0 Å². The summed E-state index contributed by atoms with van der Waals surface area (Å²) in [5, 5.41) is 0. The molecule has 0 aromatic heterocycles. The Labute approximate surface area is 88.7 Å². The Balaban J connectivity index is -0.00000000450. The van der Waals surface area contributed by atoms with Gasteiger partial charge < -0.3 is 13.8 Å². The standard InChI is InChI=1S/C4H9.3CH4.CH3.Y/c1-3-4-2;;;;;/h3H,4H2,1-2H3;3*1H4;1H3;/q-1;;;;-1;. The van der Waals surface area contributed by atoms with Crippen LogP contribution in [0.25, 0.3) is 0 Å². The third kappa shape index (κ3) is 104. The van der Waals surface area contributed by atoms with E-state index in [1.807, 2.05) is 0 Å². The zero-order chi connectivity index (χ0) is 3.41. The third-order valence-electron chi connectivity index (χ3n) is 0.408. The van der Waals surface area contributed by atoms with E-state index in [2.05, 4.69) is 20.3 Å². The van der Waals surface area contributed by atoms with Crippen molar-refractivity contribution < 1.29 is 32.7 Å². The molecule has 0 aliphatic carbocycles. The summed E-state index contributed by atoms with van der Waals surface area (Å²) in [6.45, 7) is 4.18. The van der Waals surface area contributed by atoms with Crippen molar-refractivity contribution >= 4 is 0 Å². The molecule has 0 saturated carbocycles. The summed E-state index contributed by atoms with van der Waals surface area (Å²) in [6.07, 6.45) is 3.32. The fourth-order valence-electron chi connectivity index (χ4n) is 0. The molecule has 0 heterocycles. The monoisotopic (exact) mass is 209 g/mol. The Morgan fingerprint density at radius 3 is 1.22 bits per heavy atom. The summed E-state index contributed by atoms with van der Waals surface area (Å²) >= 11 is 0. The van der Waals surface area contributed by atoms with E-state index < -0.39 is 0 Å². The molecule has 1 radical (unpaired) electrons. The molecule has 0 fully saturated rings. The van der Waals surface area contributed by atoms with Crippen LogP contribution in [0.4, 0.5) is 0 Å². The minimum Gasteiger partial charge on any atom is -0.358 e. The average molecular weight is 209 g/mol. The van der Waals surface area contributed by atoms with Gasteiger partial charge in [0.25, 0.3) is 0 Å². The number of unbranched alkanes of at least 4 members (excludes halogenated alkanes) is 1. The molecule has 0 aliphatic heterocycles. The van der Waals surface area contributed by atoms with Crippen LogP contribution < -0.4 is 0 Å². The molecule has 0 amide bonds. The normalized spacial score (nSPS) is 3.33. The van der Waals surface area contributed by atoms with Gasteiger partial charge in [-0.3, -0.25) is 0 Å². The SMILES string of the molecule is C.C.C.C[CH-]CC.[CH3-].[Y]. The third-order valence-corrected chi connectivity index (χ3v) is 0.408. The molecule has 0 atom stereocenters. The molecule has 0 aromatic rings. The van der Waals surface area contributed by atoms with Crippen LogP contribution in [0.15, 0.2) is 0 Å². The molecule has 1 heteroatoms. The summed E-state index contributed by atoms with van der Waals surface area (Å²) in [5.74, 6) is 0. The fraction of sp³-hybridized carbons (Fsp3) is 0.750. The molecular weight excluding hydrogens is 185 g/mol. The van der Waals surface area contributed by atoms with E-state index in [1.54, 1.807) is 0 Å². The van der Waals surface area contributed by atoms with E-state index in [1.165, 1.54) is 6.42 Å². The maximum atomic E-state index is 2.12. The maximum Gasteiger partial charge on any atom is 0 e. The van der Waals surface area contributed by atoms with Gasteiger partial charge in [-0.25, -0.2) is 0 Å². The predicted molar refractivity (Wildman–Crippen MR) is 46.9 cm³/mol. The number of hydrogen-bond acceptors (Lipinski definition) is 0. The Morgan fingerprint density at radius 2 is 1.22 bits per heavy atom. The maximum absolute atomic E-state index is 2.12. The van der Waals surface area contributed by atoms with Gasteiger partial charge >= 0.3 is 0 Å². The Kier molecular flexibility index (Phi) is 343. The average Bonchev–Trinajstić information content (AvgIpc) is 1.37. The van der Waals surface area contributed by atoms with Crippen molar-refractivity contribution in [3.05, 3.63) is 13.8 Å². The van der Waals surface area contributed by atoms with E-state index in [-0.39, 0.29) is 62.4 Å². The van der Waals surface area contributed by atoms with Crippen molar-refractivity contribution in [1.82, 2.24) is 0 Å². The first kappa shape index (κ1) is 49.7. The van der Waals surface area contributed by atoms with Crippen LogP contribution in [-0.2, 0) is 32.7 Å². The summed E-state index contributed by atoms with van der Waals surface area (Å²) in [4.78, 5) is 0. The van der Waals surface area contributed by atoms with Crippen LogP contribution >= 0.6 is 0 Å². The fourth-order valence-corrected chi connectivity index (χ4v) is 0. The Hall–Kier alpha value is 1.10. The molecule has 0 unspecified atom stereocenters. The minimum atomic E-state index is 0. The van der Waals surface area contributed by atoms with Gasteiger partial charge in [0.15, 0.2) is 0 Å². The van der Waals surface area contributed by atoms with Gasteiger partial charge in [-0.05, 0) is 0 Å². The van der Waals surface area contributed by atoms with Crippen molar-refractivity contribution in [2.75, 3.05) is 0 Å². The zero-order valence-electron chi connectivity index (χ0n) is 4.86. The van der Waals surface area contributed by atoms with Gasteiger partial charge in [0.05, 0.1) is 0 Å². The van der Waals surface area contributed by atoms with Crippen molar-refractivity contribution in [3.63, 3.8) is 0 Å². The van der Waals surface area contributed by atoms with Crippen LogP contribution in [0.2, 0.25) is 0 Å². The van der Waals surface area contributed by atoms with Gasteiger partial charge in [-0.1, -0.05) is 29.2 Å². The van der Waals surface area contributed by atoms with Crippen molar-refractivity contribution in [2.24, 2.45) is 0 Å². The van der Waals surface area contributed by atoms with E-state index in [0.717, 1.165) is 0 Å². The molecule has 0 rings (SSSR count). The zero-order valence-corrected chi connectivity index (χ0v) is 7.70. The molecule has 0 aliphatic rings. The molecule has 0 N–H and O–H groups in total.